The molecule has 8 heteroatoms. The molecule has 0 unspecified atom stereocenters. The minimum atomic E-state index is -0.497. The van der Waals surface area contributed by atoms with Gasteiger partial charge < -0.3 is 10.5 Å². The number of rotatable bonds is 7. The minimum Gasteiger partial charge on any atom is -0.460 e. The van der Waals surface area contributed by atoms with Crippen LogP contribution in [-0.2, 0) is 22.5 Å². The van der Waals surface area contributed by atoms with Crippen molar-refractivity contribution < 1.29 is 9.53 Å². The highest BCUT2D eigenvalue weighted by molar-refractivity contribution is 5.95. The number of hydrogen-bond acceptors (Lipinski definition) is 6. The van der Waals surface area contributed by atoms with Crippen molar-refractivity contribution in [3.05, 3.63) is 103 Å². The number of anilines is 1. The van der Waals surface area contributed by atoms with Crippen LogP contribution in [0.5, 0.6) is 0 Å². The molecule has 41 heavy (non-hydrogen) atoms. The van der Waals surface area contributed by atoms with Crippen molar-refractivity contribution in [1.29, 1.82) is 0 Å². The van der Waals surface area contributed by atoms with Crippen LogP contribution in [0.4, 0.5) is 5.82 Å². The molecule has 6 rings (SSSR count). The third kappa shape index (κ3) is 5.68. The van der Waals surface area contributed by atoms with Gasteiger partial charge in [-0.25, -0.2) is 9.50 Å². The van der Waals surface area contributed by atoms with E-state index in [0.717, 1.165) is 44.4 Å². The van der Waals surface area contributed by atoms with Gasteiger partial charge in [-0.05, 0) is 62.1 Å². The van der Waals surface area contributed by atoms with Crippen molar-refractivity contribution in [2.24, 2.45) is 0 Å². The standard InChI is InChI=1S/C33H32N6O2/c1-33(2,3)41-30(40)15-12-22-10-7-11-25(16-22)29-18-27(31-32(34)35-21-36-39(29)31)24-13-14-26-20-38(37-28(26)17-24)19-23-8-5-4-6-9-23/h4-11,13-14,16-18,20-21H,12,15,19H2,1-3H3,(H2,34,35,36). The number of nitrogens with zero attached hydrogens (tertiary/aromatic N) is 5. The van der Waals surface area contributed by atoms with E-state index in [0.29, 0.717) is 25.2 Å². The van der Waals surface area contributed by atoms with Gasteiger partial charge >= 0.3 is 5.97 Å². The second-order valence-corrected chi connectivity index (χ2v) is 11.2. The number of carbonyl (C=O) groups excluding carboxylic acids is 1. The van der Waals surface area contributed by atoms with E-state index in [9.17, 15) is 4.79 Å². The van der Waals surface area contributed by atoms with Crippen molar-refractivity contribution in [2.45, 2.75) is 45.8 Å². The second-order valence-electron chi connectivity index (χ2n) is 11.2. The Morgan fingerprint density at radius 1 is 0.927 bits per heavy atom. The van der Waals surface area contributed by atoms with E-state index in [1.54, 1.807) is 0 Å². The smallest absolute Gasteiger partial charge is 0.306 e. The molecule has 3 aromatic carbocycles. The molecule has 0 aliphatic heterocycles. The molecule has 0 saturated heterocycles. The van der Waals surface area contributed by atoms with Gasteiger partial charge in [0.15, 0.2) is 5.82 Å². The van der Waals surface area contributed by atoms with Crippen molar-refractivity contribution in [2.75, 3.05) is 5.73 Å². The highest BCUT2D eigenvalue weighted by atomic mass is 16.6. The number of nitrogen functional groups attached to an aromatic ring is 1. The summed E-state index contributed by atoms with van der Waals surface area (Å²) >= 11 is 0. The molecule has 0 amide bonds. The fraction of sp³-hybridized carbons (Fsp3) is 0.212. The Balaban J connectivity index is 1.34. The fourth-order valence-electron chi connectivity index (χ4n) is 5.11. The normalized spacial score (nSPS) is 11.8. The summed E-state index contributed by atoms with van der Waals surface area (Å²) in [5.41, 5.74) is 13.6. The van der Waals surface area contributed by atoms with Gasteiger partial charge in [-0.15, -0.1) is 0 Å². The minimum absolute atomic E-state index is 0.208. The summed E-state index contributed by atoms with van der Waals surface area (Å²) in [5, 5.41) is 10.5. The number of fused-ring (bicyclic) bond motifs is 2. The molecule has 0 aliphatic carbocycles. The first-order valence-electron chi connectivity index (χ1n) is 13.7. The molecule has 2 N–H and O–H groups in total. The van der Waals surface area contributed by atoms with Gasteiger partial charge in [-0.3, -0.25) is 9.48 Å². The molecule has 0 spiro atoms. The lowest BCUT2D eigenvalue weighted by molar-refractivity contribution is -0.154. The van der Waals surface area contributed by atoms with E-state index in [1.165, 1.54) is 11.9 Å². The van der Waals surface area contributed by atoms with Gasteiger partial charge in [-0.2, -0.15) is 10.2 Å². The maximum Gasteiger partial charge on any atom is 0.306 e. The molecule has 0 bridgehead atoms. The molecule has 0 atom stereocenters. The predicted molar refractivity (Wildman–Crippen MR) is 161 cm³/mol. The molecular weight excluding hydrogens is 512 g/mol. The maximum atomic E-state index is 12.3. The Labute approximate surface area is 238 Å². The topological polar surface area (TPSA) is 100 Å². The van der Waals surface area contributed by atoms with Crippen LogP contribution >= 0.6 is 0 Å². The van der Waals surface area contributed by atoms with Crippen LogP contribution in [0.1, 0.15) is 38.3 Å². The number of nitrogens with two attached hydrogens (primary N) is 1. The van der Waals surface area contributed by atoms with Crippen molar-refractivity contribution in [1.82, 2.24) is 24.4 Å². The lowest BCUT2D eigenvalue weighted by Crippen LogP contribution is -2.24. The molecule has 3 aromatic heterocycles. The van der Waals surface area contributed by atoms with Crippen molar-refractivity contribution in [3.8, 4) is 22.4 Å². The Morgan fingerprint density at radius 2 is 1.73 bits per heavy atom. The zero-order chi connectivity index (χ0) is 28.6. The van der Waals surface area contributed by atoms with Crippen molar-refractivity contribution >= 4 is 28.2 Å². The highest BCUT2D eigenvalue weighted by Gasteiger charge is 2.19. The maximum absolute atomic E-state index is 12.3. The Bertz CT molecular complexity index is 1860. The highest BCUT2D eigenvalue weighted by Crippen LogP contribution is 2.36. The number of benzene rings is 3. The van der Waals surface area contributed by atoms with E-state index >= 15 is 0 Å². The molecule has 3 heterocycles. The van der Waals surface area contributed by atoms with Crippen LogP contribution in [0.2, 0.25) is 0 Å². The second kappa shape index (κ2) is 10.5. The van der Waals surface area contributed by atoms with Crippen LogP contribution < -0.4 is 5.73 Å². The quantitative estimate of drug-likeness (QED) is 0.236. The van der Waals surface area contributed by atoms with Gasteiger partial charge in [0.05, 0.1) is 17.8 Å². The van der Waals surface area contributed by atoms with Crippen molar-refractivity contribution in [3.63, 3.8) is 0 Å². The molecule has 0 fully saturated rings. The summed E-state index contributed by atoms with van der Waals surface area (Å²) in [6, 6.07) is 26.8. The Hall–Kier alpha value is -4.98. The summed E-state index contributed by atoms with van der Waals surface area (Å²) in [6.07, 6.45) is 4.43. The van der Waals surface area contributed by atoms with Crippen LogP contribution in [0.3, 0.4) is 0 Å². The fourth-order valence-corrected chi connectivity index (χ4v) is 5.11. The largest absolute Gasteiger partial charge is 0.460 e. The van der Waals surface area contributed by atoms with Crippen LogP contribution in [-0.4, -0.2) is 35.9 Å². The molecule has 8 nitrogen and oxygen atoms in total. The van der Waals surface area contributed by atoms with Gasteiger partial charge in [-0.1, -0.05) is 60.7 Å². The zero-order valence-electron chi connectivity index (χ0n) is 23.4. The number of aryl methyl sites for hydroxylation is 1. The van der Waals surface area contributed by atoms with E-state index in [1.807, 2.05) is 66.4 Å². The van der Waals surface area contributed by atoms with Gasteiger partial charge in [0.1, 0.15) is 17.4 Å². The summed E-state index contributed by atoms with van der Waals surface area (Å²) < 4.78 is 9.28. The SMILES string of the molecule is CC(C)(C)OC(=O)CCc1cccc(-c2cc(-c3ccc4cn(Cc5ccccc5)nc4c3)c3c(N)ncnn23)c1. The lowest BCUT2D eigenvalue weighted by Gasteiger charge is -2.19. The Kier molecular flexibility index (Phi) is 6.75. The average molecular weight is 545 g/mol. The number of carbonyl (C=O) groups is 1. The molecule has 0 radical (unpaired) electrons. The van der Waals surface area contributed by atoms with Gasteiger partial charge in [0, 0.05) is 29.1 Å². The van der Waals surface area contributed by atoms with Crippen LogP contribution in [0.25, 0.3) is 38.8 Å². The third-order valence-corrected chi connectivity index (χ3v) is 6.90. The first kappa shape index (κ1) is 26.3. The molecule has 0 aliphatic rings. The zero-order valence-corrected chi connectivity index (χ0v) is 23.4. The van der Waals surface area contributed by atoms with Gasteiger partial charge in [0.25, 0.3) is 0 Å². The Morgan fingerprint density at radius 3 is 2.54 bits per heavy atom. The molecule has 206 valence electrons. The first-order valence-corrected chi connectivity index (χ1v) is 13.7. The molecule has 6 aromatic rings. The molecule has 0 saturated carbocycles. The van der Waals surface area contributed by atoms with Gasteiger partial charge in [0.2, 0.25) is 0 Å². The monoisotopic (exact) mass is 544 g/mol. The lowest BCUT2D eigenvalue weighted by atomic mass is 10.0. The first-order chi connectivity index (χ1) is 19.7. The van der Waals surface area contributed by atoms with Crippen LogP contribution in [0.15, 0.2) is 91.4 Å². The summed E-state index contributed by atoms with van der Waals surface area (Å²) in [6.45, 7) is 6.34. The number of esters is 1. The summed E-state index contributed by atoms with van der Waals surface area (Å²) in [4.78, 5) is 16.6. The number of hydrogen-bond donors (Lipinski definition) is 1. The summed E-state index contributed by atoms with van der Waals surface area (Å²) in [5.74, 6) is 0.192. The van der Waals surface area contributed by atoms with Crippen LogP contribution in [0, 0.1) is 0 Å². The number of ether oxygens (including phenoxy) is 1. The van der Waals surface area contributed by atoms with E-state index in [4.69, 9.17) is 15.6 Å². The van der Waals surface area contributed by atoms with E-state index in [-0.39, 0.29) is 5.97 Å². The van der Waals surface area contributed by atoms with E-state index in [2.05, 4.69) is 58.7 Å². The molecular formula is C33H32N6O2. The predicted octanol–water partition coefficient (Wildman–Crippen LogP) is 6.32. The average Bonchev–Trinajstić information content (AvgIpc) is 3.53. The van der Waals surface area contributed by atoms with E-state index < -0.39 is 5.60 Å². The third-order valence-electron chi connectivity index (χ3n) is 6.90. The summed E-state index contributed by atoms with van der Waals surface area (Å²) in [7, 11) is 0. The number of aromatic nitrogens is 5.